The van der Waals surface area contributed by atoms with Gasteiger partial charge in [-0.15, -0.1) is 0 Å². The zero-order chi connectivity index (χ0) is 9.60. The van der Waals surface area contributed by atoms with Crippen LogP contribution in [-0.2, 0) is 21.7 Å². The number of carbonyl (C=O) groups is 1. The van der Waals surface area contributed by atoms with E-state index < -0.39 is 5.60 Å². The number of ether oxygens (including phenoxy) is 1. The summed E-state index contributed by atoms with van der Waals surface area (Å²) in [6, 6.07) is 3.78. The first-order valence-electron chi connectivity index (χ1n) is 4.69. The molecule has 1 spiro atoms. The summed E-state index contributed by atoms with van der Waals surface area (Å²) in [6.45, 7) is 1.14. The van der Waals surface area contributed by atoms with E-state index >= 15 is 0 Å². The molecule has 2 aliphatic heterocycles. The second-order valence-corrected chi connectivity index (χ2v) is 3.62. The van der Waals surface area contributed by atoms with Gasteiger partial charge in [-0.05, 0) is 6.07 Å². The fraction of sp³-hybridized carbons (Fsp3) is 0.400. The maximum Gasteiger partial charge on any atom is 0.257 e. The third-order valence-electron chi connectivity index (χ3n) is 2.91. The van der Waals surface area contributed by atoms with E-state index in [1.165, 1.54) is 0 Å². The monoisotopic (exact) mass is 190 g/mol. The van der Waals surface area contributed by atoms with Crippen LogP contribution in [0.25, 0.3) is 0 Å². The van der Waals surface area contributed by atoms with Gasteiger partial charge in [0.1, 0.15) is 0 Å². The Labute approximate surface area is 81.3 Å². The van der Waals surface area contributed by atoms with Crippen LogP contribution < -0.4 is 5.32 Å². The normalized spacial score (nSPS) is 29.3. The molecule has 0 saturated carbocycles. The molecule has 2 aliphatic rings. The number of hydrogen-bond donors (Lipinski definition) is 1. The minimum Gasteiger partial charge on any atom is -0.354 e. The SMILES string of the molecule is O=C1NCCC12OCc1ncccc12. The van der Waals surface area contributed by atoms with E-state index in [1.54, 1.807) is 6.20 Å². The van der Waals surface area contributed by atoms with E-state index in [2.05, 4.69) is 10.3 Å². The summed E-state index contributed by atoms with van der Waals surface area (Å²) >= 11 is 0. The number of nitrogens with one attached hydrogen (secondary N) is 1. The molecule has 0 bridgehead atoms. The Morgan fingerprint density at radius 2 is 2.50 bits per heavy atom. The van der Waals surface area contributed by atoms with Gasteiger partial charge in [-0.25, -0.2) is 0 Å². The minimum absolute atomic E-state index is 0.0238. The molecule has 4 nitrogen and oxygen atoms in total. The zero-order valence-corrected chi connectivity index (χ0v) is 7.62. The van der Waals surface area contributed by atoms with Crippen molar-refractivity contribution in [2.45, 2.75) is 18.6 Å². The van der Waals surface area contributed by atoms with Crippen LogP contribution in [0.5, 0.6) is 0 Å². The van der Waals surface area contributed by atoms with Gasteiger partial charge in [0.15, 0.2) is 5.60 Å². The quantitative estimate of drug-likeness (QED) is 0.641. The molecule has 3 heterocycles. The van der Waals surface area contributed by atoms with Gasteiger partial charge in [0.05, 0.1) is 12.3 Å². The predicted molar refractivity (Wildman–Crippen MR) is 48.3 cm³/mol. The van der Waals surface area contributed by atoms with Crippen molar-refractivity contribution in [1.82, 2.24) is 10.3 Å². The number of hydrogen-bond acceptors (Lipinski definition) is 3. The van der Waals surface area contributed by atoms with Crippen LogP contribution in [0.2, 0.25) is 0 Å². The standard InChI is InChI=1S/C10H10N2O2/c13-9-10(3-5-12-9)7-2-1-4-11-8(7)6-14-10/h1-2,4H,3,5-6H2,(H,12,13). The maximum absolute atomic E-state index is 11.7. The lowest BCUT2D eigenvalue weighted by atomic mass is 9.93. The van der Waals surface area contributed by atoms with E-state index in [4.69, 9.17) is 4.74 Å². The minimum atomic E-state index is -0.733. The fourth-order valence-electron chi connectivity index (χ4n) is 2.19. The summed E-state index contributed by atoms with van der Waals surface area (Å²) in [5, 5.41) is 2.80. The molecule has 0 aliphatic carbocycles. The Kier molecular flexibility index (Phi) is 1.44. The molecule has 1 aromatic rings. The molecule has 1 atom stereocenters. The molecule has 0 aromatic carbocycles. The number of nitrogens with zero attached hydrogens (tertiary/aromatic N) is 1. The molecule has 0 radical (unpaired) electrons. The van der Waals surface area contributed by atoms with Gasteiger partial charge in [0.25, 0.3) is 5.91 Å². The summed E-state index contributed by atoms with van der Waals surface area (Å²) in [5.74, 6) is -0.0238. The van der Waals surface area contributed by atoms with Crippen LogP contribution in [0.4, 0.5) is 0 Å². The lowest BCUT2D eigenvalue weighted by molar-refractivity contribution is -0.141. The van der Waals surface area contributed by atoms with E-state index in [9.17, 15) is 4.79 Å². The van der Waals surface area contributed by atoms with E-state index in [0.717, 1.165) is 11.3 Å². The highest BCUT2D eigenvalue weighted by molar-refractivity contribution is 5.89. The van der Waals surface area contributed by atoms with Crippen LogP contribution in [0, 0.1) is 0 Å². The number of pyridine rings is 1. The Balaban J connectivity index is 2.17. The molecule has 1 amide bonds. The summed E-state index contributed by atoms with van der Waals surface area (Å²) in [6.07, 6.45) is 2.44. The summed E-state index contributed by atoms with van der Waals surface area (Å²) < 4.78 is 5.61. The smallest absolute Gasteiger partial charge is 0.257 e. The van der Waals surface area contributed by atoms with Gasteiger partial charge in [0, 0.05) is 24.7 Å². The summed E-state index contributed by atoms with van der Waals surface area (Å²) in [4.78, 5) is 15.9. The van der Waals surface area contributed by atoms with Crippen molar-refractivity contribution in [3.8, 4) is 0 Å². The van der Waals surface area contributed by atoms with Gasteiger partial charge in [-0.1, -0.05) is 6.07 Å². The number of aromatic nitrogens is 1. The van der Waals surface area contributed by atoms with Crippen LogP contribution >= 0.6 is 0 Å². The molecule has 14 heavy (non-hydrogen) atoms. The van der Waals surface area contributed by atoms with Gasteiger partial charge in [0.2, 0.25) is 0 Å². The largest absolute Gasteiger partial charge is 0.354 e. The molecule has 1 fully saturated rings. The highest BCUT2D eigenvalue weighted by atomic mass is 16.5. The molecule has 1 unspecified atom stereocenters. The first kappa shape index (κ1) is 7.94. The first-order valence-corrected chi connectivity index (χ1v) is 4.69. The Morgan fingerprint density at radius 1 is 1.57 bits per heavy atom. The molecule has 3 rings (SSSR count). The van der Waals surface area contributed by atoms with Crippen LogP contribution in [0.3, 0.4) is 0 Å². The van der Waals surface area contributed by atoms with Gasteiger partial charge in [-0.3, -0.25) is 9.78 Å². The maximum atomic E-state index is 11.7. The summed E-state index contributed by atoms with van der Waals surface area (Å²) in [5.41, 5.74) is 1.10. The topological polar surface area (TPSA) is 51.2 Å². The number of rotatable bonds is 0. The molecule has 1 saturated heterocycles. The predicted octanol–water partition coefficient (Wildman–Crippen LogP) is 0.327. The van der Waals surface area contributed by atoms with E-state index in [1.807, 2.05) is 12.1 Å². The highest BCUT2D eigenvalue weighted by Crippen LogP contribution is 2.40. The molecule has 1 aromatic heterocycles. The Hall–Kier alpha value is -1.42. The average Bonchev–Trinajstić information content (AvgIpc) is 2.76. The van der Waals surface area contributed by atoms with Crippen LogP contribution in [0.1, 0.15) is 17.7 Å². The van der Waals surface area contributed by atoms with Gasteiger partial charge in [-0.2, -0.15) is 0 Å². The number of carbonyl (C=O) groups excluding carboxylic acids is 1. The molecule has 4 heteroatoms. The van der Waals surface area contributed by atoms with Crippen molar-refractivity contribution in [2.24, 2.45) is 0 Å². The van der Waals surface area contributed by atoms with Crippen molar-refractivity contribution >= 4 is 5.91 Å². The lowest BCUT2D eigenvalue weighted by Gasteiger charge is -2.19. The van der Waals surface area contributed by atoms with Gasteiger partial charge < -0.3 is 10.1 Å². The highest BCUT2D eigenvalue weighted by Gasteiger charge is 2.50. The number of fused-ring (bicyclic) bond motifs is 2. The zero-order valence-electron chi connectivity index (χ0n) is 7.62. The Morgan fingerprint density at radius 3 is 3.29 bits per heavy atom. The Bertz CT molecular complexity index is 405. The first-order chi connectivity index (χ1) is 6.83. The van der Waals surface area contributed by atoms with Crippen molar-refractivity contribution in [2.75, 3.05) is 6.54 Å². The van der Waals surface area contributed by atoms with Gasteiger partial charge >= 0.3 is 0 Å². The third kappa shape index (κ3) is 0.812. The van der Waals surface area contributed by atoms with Crippen molar-refractivity contribution in [1.29, 1.82) is 0 Å². The van der Waals surface area contributed by atoms with Crippen LogP contribution in [-0.4, -0.2) is 17.4 Å². The number of amides is 1. The third-order valence-corrected chi connectivity index (χ3v) is 2.91. The molecular formula is C10H10N2O2. The second-order valence-electron chi connectivity index (χ2n) is 3.62. The second kappa shape index (κ2) is 2.54. The average molecular weight is 190 g/mol. The van der Waals surface area contributed by atoms with Crippen molar-refractivity contribution in [3.05, 3.63) is 29.6 Å². The summed E-state index contributed by atoms with van der Waals surface area (Å²) in [7, 11) is 0. The molecular weight excluding hydrogens is 180 g/mol. The van der Waals surface area contributed by atoms with Crippen molar-refractivity contribution in [3.63, 3.8) is 0 Å². The van der Waals surface area contributed by atoms with Crippen LogP contribution in [0.15, 0.2) is 18.3 Å². The lowest BCUT2D eigenvalue weighted by Crippen LogP contribution is -2.34. The van der Waals surface area contributed by atoms with Crippen molar-refractivity contribution < 1.29 is 9.53 Å². The molecule has 1 N–H and O–H groups in total. The fourth-order valence-corrected chi connectivity index (χ4v) is 2.19. The van der Waals surface area contributed by atoms with E-state index in [-0.39, 0.29) is 5.91 Å². The van der Waals surface area contributed by atoms with E-state index in [0.29, 0.717) is 19.6 Å². The molecule has 72 valence electrons.